The lowest BCUT2D eigenvalue weighted by atomic mass is 10.1. The Morgan fingerprint density at radius 2 is 1.77 bits per heavy atom. The van der Waals surface area contributed by atoms with Gasteiger partial charge in [-0.3, -0.25) is 4.79 Å². The molecule has 2 aromatic carbocycles. The van der Waals surface area contributed by atoms with Crippen LogP contribution in [0.2, 0.25) is 0 Å². The van der Waals surface area contributed by atoms with Crippen molar-refractivity contribution in [2.75, 3.05) is 14.1 Å². The number of benzene rings is 2. The van der Waals surface area contributed by atoms with Gasteiger partial charge in [0.25, 0.3) is 5.91 Å². The topological polar surface area (TPSA) is 79.4 Å². The van der Waals surface area contributed by atoms with Crippen LogP contribution in [0.5, 0.6) is 0 Å². The number of rotatable bonds is 7. The Morgan fingerprint density at radius 3 is 2.40 bits per heavy atom. The summed E-state index contributed by atoms with van der Waals surface area (Å²) in [7, 11) is -0.622. The number of hydrogen-bond acceptors (Lipinski definition) is 5. The molecule has 0 radical (unpaired) electrons. The number of thiazole rings is 1. The van der Waals surface area contributed by atoms with E-state index in [1.54, 1.807) is 31.2 Å². The molecular weight excluding hydrogens is 418 g/mol. The summed E-state index contributed by atoms with van der Waals surface area (Å²) in [6.45, 7) is 4.02. The molecule has 0 unspecified atom stereocenters. The van der Waals surface area contributed by atoms with E-state index in [1.165, 1.54) is 31.0 Å². The van der Waals surface area contributed by atoms with Gasteiger partial charge in [-0.1, -0.05) is 49.4 Å². The van der Waals surface area contributed by atoms with Crippen LogP contribution in [0.1, 0.15) is 33.4 Å². The fourth-order valence-corrected chi connectivity index (χ4v) is 5.07. The zero-order valence-electron chi connectivity index (χ0n) is 17.5. The van der Waals surface area contributed by atoms with Gasteiger partial charge in [0.2, 0.25) is 10.0 Å². The average Bonchev–Trinajstić information content (AvgIpc) is 3.13. The molecule has 3 aromatic rings. The van der Waals surface area contributed by atoms with Crippen LogP contribution in [-0.4, -0.2) is 37.7 Å². The second-order valence-electron chi connectivity index (χ2n) is 7.06. The van der Waals surface area contributed by atoms with Gasteiger partial charge >= 0.3 is 0 Å². The van der Waals surface area contributed by atoms with Gasteiger partial charge in [0.05, 0.1) is 10.6 Å². The Balaban J connectivity index is 1.79. The third kappa shape index (κ3) is 4.61. The number of aromatic nitrogens is 1. The van der Waals surface area contributed by atoms with Crippen molar-refractivity contribution in [1.82, 2.24) is 14.6 Å². The maximum absolute atomic E-state index is 12.8. The lowest BCUT2D eigenvalue weighted by molar-refractivity contribution is 0.0954. The van der Waals surface area contributed by atoms with Gasteiger partial charge in [-0.2, -0.15) is 0 Å². The number of nitrogens with one attached hydrogen (secondary N) is 1. The average molecular weight is 444 g/mol. The van der Waals surface area contributed by atoms with E-state index >= 15 is 0 Å². The van der Waals surface area contributed by atoms with Crippen LogP contribution in [0.4, 0.5) is 0 Å². The highest BCUT2D eigenvalue weighted by Crippen LogP contribution is 2.28. The molecule has 0 aliphatic heterocycles. The van der Waals surface area contributed by atoms with Crippen molar-refractivity contribution in [3.8, 4) is 10.6 Å². The molecule has 0 aliphatic carbocycles. The molecule has 0 saturated heterocycles. The summed E-state index contributed by atoms with van der Waals surface area (Å²) in [6, 6.07) is 14.8. The van der Waals surface area contributed by atoms with E-state index in [0.29, 0.717) is 16.1 Å². The van der Waals surface area contributed by atoms with E-state index in [0.717, 1.165) is 21.3 Å². The van der Waals surface area contributed by atoms with Gasteiger partial charge in [0.15, 0.2) is 0 Å². The van der Waals surface area contributed by atoms with Gasteiger partial charge in [-0.15, -0.1) is 11.3 Å². The van der Waals surface area contributed by atoms with Crippen LogP contribution in [0.25, 0.3) is 10.6 Å². The minimum absolute atomic E-state index is 0.111. The minimum atomic E-state index is -3.59. The van der Waals surface area contributed by atoms with E-state index in [9.17, 15) is 13.2 Å². The predicted molar refractivity (Wildman–Crippen MR) is 120 cm³/mol. The summed E-state index contributed by atoms with van der Waals surface area (Å²) in [6.07, 6.45) is 0.968. The van der Waals surface area contributed by atoms with Crippen molar-refractivity contribution in [3.05, 3.63) is 70.2 Å². The molecule has 1 N–H and O–H groups in total. The molecule has 0 spiro atoms. The standard InChI is InChI=1S/C22H25N3O3S2/c1-5-16-10-12-17(13-11-16)22-24-15(2)20(29-22)21(26)23-14-18-8-6-7-9-19(18)30(27,28)25(3)4/h6-13H,5,14H2,1-4H3,(H,23,26). The zero-order chi connectivity index (χ0) is 21.9. The highest BCUT2D eigenvalue weighted by molar-refractivity contribution is 7.89. The third-order valence-corrected chi connectivity index (χ3v) is 7.90. The number of carbonyl (C=O) groups is 1. The molecule has 1 aromatic heterocycles. The minimum Gasteiger partial charge on any atom is -0.347 e. The van der Waals surface area contributed by atoms with Crippen LogP contribution in [0.3, 0.4) is 0 Å². The molecule has 3 rings (SSSR count). The molecule has 158 valence electrons. The van der Waals surface area contributed by atoms with Gasteiger partial charge in [0.1, 0.15) is 9.88 Å². The van der Waals surface area contributed by atoms with Crippen LogP contribution in [-0.2, 0) is 23.0 Å². The van der Waals surface area contributed by atoms with Crippen molar-refractivity contribution in [2.24, 2.45) is 0 Å². The van der Waals surface area contributed by atoms with Crippen molar-refractivity contribution in [3.63, 3.8) is 0 Å². The fraction of sp³-hybridized carbons (Fsp3) is 0.273. The van der Waals surface area contributed by atoms with Crippen molar-refractivity contribution in [1.29, 1.82) is 0 Å². The smallest absolute Gasteiger partial charge is 0.263 e. The molecule has 30 heavy (non-hydrogen) atoms. The highest BCUT2D eigenvalue weighted by Gasteiger charge is 2.22. The maximum Gasteiger partial charge on any atom is 0.263 e. The van der Waals surface area contributed by atoms with E-state index in [4.69, 9.17) is 0 Å². The maximum atomic E-state index is 12.8. The first kappa shape index (κ1) is 22.1. The predicted octanol–water partition coefficient (Wildman–Crippen LogP) is 3.86. The van der Waals surface area contributed by atoms with Crippen LogP contribution in [0, 0.1) is 6.92 Å². The molecule has 6 nitrogen and oxygen atoms in total. The molecule has 8 heteroatoms. The summed E-state index contributed by atoms with van der Waals surface area (Å²) in [5.41, 5.74) is 3.41. The summed E-state index contributed by atoms with van der Waals surface area (Å²) < 4.78 is 26.2. The molecule has 0 saturated carbocycles. The Labute approximate surface area is 181 Å². The fourth-order valence-electron chi connectivity index (χ4n) is 2.97. The molecule has 0 fully saturated rings. The van der Waals surface area contributed by atoms with E-state index in [2.05, 4.69) is 29.4 Å². The van der Waals surface area contributed by atoms with Gasteiger partial charge < -0.3 is 5.32 Å². The molecule has 1 heterocycles. The summed E-state index contributed by atoms with van der Waals surface area (Å²) >= 11 is 1.33. The zero-order valence-corrected chi connectivity index (χ0v) is 19.1. The van der Waals surface area contributed by atoms with Crippen molar-refractivity contribution >= 4 is 27.3 Å². The SMILES string of the molecule is CCc1ccc(-c2nc(C)c(C(=O)NCc3ccccc3S(=O)(=O)N(C)C)s2)cc1. The second-order valence-corrected chi connectivity index (χ2v) is 10.2. The first-order chi connectivity index (χ1) is 14.2. The van der Waals surface area contributed by atoms with Crippen molar-refractivity contribution < 1.29 is 13.2 Å². The van der Waals surface area contributed by atoms with E-state index < -0.39 is 10.0 Å². The van der Waals surface area contributed by atoms with E-state index in [1.807, 2.05) is 12.1 Å². The highest BCUT2D eigenvalue weighted by atomic mass is 32.2. The number of sulfonamides is 1. The van der Waals surface area contributed by atoms with Gasteiger partial charge in [-0.05, 0) is 30.5 Å². The van der Waals surface area contributed by atoms with E-state index in [-0.39, 0.29) is 17.3 Å². The first-order valence-corrected chi connectivity index (χ1v) is 11.8. The van der Waals surface area contributed by atoms with Crippen molar-refractivity contribution in [2.45, 2.75) is 31.7 Å². The van der Waals surface area contributed by atoms with Crippen LogP contribution < -0.4 is 5.32 Å². The normalized spacial score (nSPS) is 11.6. The number of amides is 1. The summed E-state index contributed by atoms with van der Waals surface area (Å²) in [5, 5.41) is 3.63. The third-order valence-electron chi connectivity index (χ3n) is 4.78. The quantitative estimate of drug-likeness (QED) is 0.601. The summed E-state index contributed by atoms with van der Waals surface area (Å²) in [4.78, 5) is 18.0. The van der Waals surface area contributed by atoms with Crippen LogP contribution in [0.15, 0.2) is 53.4 Å². The molecular formula is C22H25N3O3S2. The Bertz CT molecular complexity index is 1150. The molecule has 0 bridgehead atoms. The molecule has 0 aliphatic rings. The Hall–Kier alpha value is -2.55. The lowest BCUT2D eigenvalue weighted by Crippen LogP contribution is -2.27. The summed E-state index contributed by atoms with van der Waals surface area (Å²) in [5.74, 6) is -0.265. The number of nitrogens with zero attached hydrogens (tertiary/aromatic N) is 2. The number of aryl methyl sites for hydroxylation is 2. The Morgan fingerprint density at radius 1 is 1.10 bits per heavy atom. The largest absolute Gasteiger partial charge is 0.347 e. The molecule has 0 atom stereocenters. The van der Waals surface area contributed by atoms with Gasteiger partial charge in [-0.25, -0.2) is 17.7 Å². The molecule has 1 amide bonds. The van der Waals surface area contributed by atoms with Gasteiger partial charge in [0, 0.05) is 26.2 Å². The monoisotopic (exact) mass is 443 g/mol. The number of carbonyl (C=O) groups excluding carboxylic acids is 1. The Kier molecular flexibility index (Phi) is 6.70. The lowest BCUT2D eigenvalue weighted by Gasteiger charge is -2.15. The number of hydrogen-bond donors (Lipinski definition) is 1. The first-order valence-electron chi connectivity index (χ1n) is 9.59. The van der Waals surface area contributed by atoms with Crippen LogP contribution >= 0.6 is 11.3 Å². The second kappa shape index (κ2) is 9.07.